The zero-order valence-corrected chi connectivity index (χ0v) is 13.0. The van der Waals surface area contributed by atoms with E-state index >= 15 is 0 Å². The van der Waals surface area contributed by atoms with Crippen LogP contribution in [0, 0.1) is 0 Å². The van der Waals surface area contributed by atoms with Crippen LogP contribution in [0.4, 0.5) is 0 Å². The number of phenols is 1. The van der Waals surface area contributed by atoms with Crippen molar-refractivity contribution >= 4 is 20.6 Å². The molecule has 0 atom stereocenters. The van der Waals surface area contributed by atoms with Crippen LogP contribution in [-0.4, -0.2) is 19.8 Å². The summed E-state index contributed by atoms with van der Waals surface area (Å²) < 4.78 is 24.2. The highest BCUT2D eigenvalue weighted by Gasteiger charge is 2.17. The first-order valence-electron chi connectivity index (χ1n) is 6.94. The number of hydrogen-bond acceptors (Lipinski definition) is 3. The number of aromatic hydroxyl groups is 1. The highest BCUT2D eigenvalue weighted by atomic mass is 32.2. The van der Waals surface area contributed by atoms with E-state index in [2.05, 4.69) is 0 Å². The molecule has 0 radical (unpaired) electrons. The van der Waals surface area contributed by atoms with E-state index in [1.165, 1.54) is 6.26 Å². The maximum atomic E-state index is 12.1. The van der Waals surface area contributed by atoms with Gasteiger partial charge in [0.05, 0.1) is 4.90 Å². The molecule has 0 aliphatic heterocycles. The van der Waals surface area contributed by atoms with Crippen LogP contribution in [0.5, 0.6) is 5.75 Å². The van der Waals surface area contributed by atoms with Crippen molar-refractivity contribution in [2.24, 2.45) is 0 Å². The Kier molecular flexibility index (Phi) is 3.62. The SMILES string of the molecule is CS(=O)(=O)c1cc(Cc2ccccc2)c(O)c2ccccc12. The molecule has 0 aromatic heterocycles. The molecule has 3 aromatic rings. The summed E-state index contributed by atoms with van der Waals surface area (Å²) in [6.07, 6.45) is 1.68. The molecular formula is C18H16O3S. The zero-order chi connectivity index (χ0) is 15.7. The van der Waals surface area contributed by atoms with Gasteiger partial charge in [0, 0.05) is 29.0 Å². The molecule has 0 bridgehead atoms. The summed E-state index contributed by atoms with van der Waals surface area (Å²) >= 11 is 0. The number of hydrogen-bond donors (Lipinski definition) is 1. The van der Waals surface area contributed by atoms with Crippen LogP contribution in [-0.2, 0) is 16.3 Å². The lowest BCUT2D eigenvalue weighted by atomic mass is 9.99. The molecule has 0 unspecified atom stereocenters. The quantitative estimate of drug-likeness (QED) is 0.805. The summed E-state index contributed by atoms with van der Waals surface area (Å²) in [5.74, 6) is 0.145. The fraction of sp³-hybridized carbons (Fsp3) is 0.111. The first-order chi connectivity index (χ1) is 10.5. The van der Waals surface area contributed by atoms with Gasteiger partial charge in [0.1, 0.15) is 5.75 Å². The largest absolute Gasteiger partial charge is 0.507 e. The van der Waals surface area contributed by atoms with Gasteiger partial charge in [-0.2, -0.15) is 0 Å². The summed E-state index contributed by atoms with van der Waals surface area (Å²) in [5, 5.41) is 11.6. The summed E-state index contributed by atoms with van der Waals surface area (Å²) in [5.41, 5.74) is 1.64. The lowest BCUT2D eigenvalue weighted by molar-refractivity contribution is 0.475. The van der Waals surface area contributed by atoms with E-state index in [9.17, 15) is 13.5 Å². The van der Waals surface area contributed by atoms with Gasteiger partial charge in [-0.3, -0.25) is 0 Å². The van der Waals surface area contributed by atoms with E-state index in [4.69, 9.17) is 0 Å². The highest BCUT2D eigenvalue weighted by Crippen LogP contribution is 2.35. The van der Waals surface area contributed by atoms with Crippen LogP contribution in [0.3, 0.4) is 0 Å². The minimum atomic E-state index is -3.37. The van der Waals surface area contributed by atoms with Crippen molar-refractivity contribution in [3.63, 3.8) is 0 Å². The van der Waals surface area contributed by atoms with Crippen LogP contribution in [0.25, 0.3) is 10.8 Å². The molecule has 0 saturated heterocycles. The standard InChI is InChI=1S/C18H16O3S/c1-22(20,21)17-12-14(11-13-7-3-2-4-8-13)18(19)16-10-6-5-9-15(16)17/h2-10,12,19H,11H2,1H3. The van der Waals surface area contributed by atoms with Gasteiger partial charge in [-0.05, 0) is 11.6 Å². The molecule has 3 rings (SSSR count). The Morgan fingerprint density at radius 2 is 1.50 bits per heavy atom. The number of phenolic OH excluding ortho intramolecular Hbond substituents is 1. The van der Waals surface area contributed by atoms with Crippen molar-refractivity contribution < 1.29 is 13.5 Å². The first-order valence-corrected chi connectivity index (χ1v) is 8.83. The molecule has 0 spiro atoms. The maximum absolute atomic E-state index is 12.1. The maximum Gasteiger partial charge on any atom is 0.176 e. The summed E-state index contributed by atoms with van der Waals surface area (Å²) in [4.78, 5) is 0.256. The van der Waals surface area contributed by atoms with E-state index in [0.29, 0.717) is 22.8 Å². The fourth-order valence-electron chi connectivity index (χ4n) is 2.64. The Balaban J connectivity index is 2.25. The second-order valence-corrected chi connectivity index (χ2v) is 7.35. The highest BCUT2D eigenvalue weighted by molar-refractivity contribution is 7.91. The molecule has 3 aromatic carbocycles. The summed E-state index contributed by atoms with van der Waals surface area (Å²) in [7, 11) is -3.37. The number of fused-ring (bicyclic) bond motifs is 1. The predicted molar refractivity (Wildman–Crippen MR) is 88.0 cm³/mol. The number of rotatable bonds is 3. The van der Waals surface area contributed by atoms with E-state index in [0.717, 1.165) is 5.56 Å². The van der Waals surface area contributed by atoms with Crippen LogP contribution in [0.15, 0.2) is 65.6 Å². The molecule has 0 saturated carbocycles. The molecule has 0 heterocycles. The smallest absolute Gasteiger partial charge is 0.176 e. The third kappa shape index (κ3) is 2.70. The molecule has 22 heavy (non-hydrogen) atoms. The van der Waals surface area contributed by atoms with Crippen molar-refractivity contribution in [3.05, 3.63) is 71.8 Å². The van der Waals surface area contributed by atoms with E-state index in [-0.39, 0.29) is 10.6 Å². The topological polar surface area (TPSA) is 54.4 Å². The van der Waals surface area contributed by atoms with Crippen LogP contribution in [0.1, 0.15) is 11.1 Å². The molecular weight excluding hydrogens is 296 g/mol. The Hall–Kier alpha value is -2.33. The molecule has 0 aliphatic carbocycles. The van der Waals surface area contributed by atoms with Crippen molar-refractivity contribution in [1.29, 1.82) is 0 Å². The normalized spacial score (nSPS) is 11.7. The lowest BCUT2D eigenvalue weighted by Gasteiger charge is -2.12. The van der Waals surface area contributed by atoms with Gasteiger partial charge in [-0.15, -0.1) is 0 Å². The number of benzene rings is 3. The Labute approximate surface area is 129 Å². The zero-order valence-electron chi connectivity index (χ0n) is 12.2. The minimum Gasteiger partial charge on any atom is -0.507 e. The van der Waals surface area contributed by atoms with Gasteiger partial charge >= 0.3 is 0 Å². The van der Waals surface area contributed by atoms with Crippen LogP contribution < -0.4 is 0 Å². The third-order valence-corrected chi connectivity index (χ3v) is 4.83. The van der Waals surface area contributed by atoms with Gasteiger partial charge in [-0.1, -0.05) is 54.6 Å². The van der Waals surface area contributed by atoms with Gasteiger partial charge in [0.15, 0.2) is 9.84 Å². The van der Waals surface area contributed by atoms with E-state index in [1.54, 1.807) is 30.3 Å². The van der Waals surface area contributed by atoms with Crippen molar-refractivity contribution in [2.75, 3.05) is 6.26 Å². The van der Waals surface area contributed by atoms with Crippen molar-refractivity contribution in [1.82, 2.24) is 0 Å². The molecule has 0 aliphatic rings. The van der Waals surface area contributed by atoms with Crippen molar-refractivity contribution in [2.45, 2.75) is 11.3 Å². The second kappa shape index (κ2) is 5.46. The Morgan fingerprint density at radius 3 is 2.14 bits per heavy atom. The molecule has 3 nitrogen and oxygen atoms in total. The first kappa shape index (κ1) is 14.6. The average Bonchev–Trinajstić information content (AvgIpc) is 2.50. The summed E-state index contributed by atoms with van der Waals surface area (Å²) in [6, 6.07) is 18.3. The molecule has 0 amide bonds. The monoisotopic (exact) mass is 312 g/mol. The molecule has 1 N–H and O–H groups in total. The second-order valence-electron chi connectivity index (χ2n) is 5.36. The molecule has 112 valence electrons. The predicted octanol–water partition coefficient (Wildman–Crippen LogP) is 3.54. The Morgan fingerprint density at radius 1 is 0.909 bits per heavy atom. The van der Waals surface area contributed by atoms with Crippen LogP contribution in [0.2, 0.25) is 0 Å². The van der Waals surface area contributed by atoms with Gasteiger partial charge in [0.25, 0.3) is 0 Å². The van der Waals surface area contributed by atoms with Crippen molar-refractivity contribution in [3.8, 4) is 5.75 Å². The van der Waals surface area contributed by atoms with Gasteiger partial charge < -0.3 is 5.11 Å². The fourth-order valence-corrected chi connectivity index (χ4v) is 3.57. The lowest BCUT2D eigenvalue weighted by Crippen LogP contribution is -2.01. The van der Waals surface area contributed by atoms with Gasteiger partial charge in [0.2, 0.25) is 0 Å². The van der Waals surface area contributed by atoms with E-state index in [1.807, 2.05) is 30.3 Å². The third-order valence-electron chi connectivity index (χ3n) is 3.69. The minimum absolute atomic E-state index is 0.145. The van der Waals surface area contributed by atoms with Gasteiger partial charge in [-0.25, -0.2) is 8.42 Å². The van der Waals surface area contributed by atoms with E-state index < -0.39 is 9.84 Å². The molecule has 4 heteroatoms. The molecule has 0 fully saturated rings. The summed E-state index contributed by atoms with van der Waals surface area (Å²) in [6.45, 7) is 0. The average molecular weight is 312 g/mol. The van der Waals surface area contributed by atoms with Crippen LogP contribution >= 0.6 is 0 Å². The Bertz CT molecular complexity index is 929. The number of sulfone groups is 1.